The van der Waals surface area contributed by atoms with Crippen molar-refractivity contribution in [3.05, 3.63) is 169 Å². The van der Waals surface area contributed by atoms with Crippen molar-refractivity contribution >= 4 is 21.9 Å². The molecule has 0 amide bonds. The highest BCUT2D eigenvalue weighted by molar-refractivity contribution is 6.09. The van der Waals surface area contributed by atoms with E-state index in [9.17, 15) is 0 Å². The molecule has 0 spiro atoms. The van der Waals surface area contributed by atoms with Gasteiger partial charge in [0.25, 0.3) is 0 Å². The summed E-state index contributed by atoms with van der Waals surface area (Å²) in [7, 11) is 0. The third kappa shape index (κ3) is 4.98. The van der Waals surface area contributed by atoms with Crippen molar-refractivity contribution in [2.45, 2.75) is 6.61 Å². The van der Waals surface area contributed by atoms with E-state index in [-0.39, 0.29) is 0 Å². The average Bonchev–Trinajstić information content (AvgIpc) is 3.60. The molecule has 9 aromatic rings. The number of benzene rings is 7. The lowest BCUT2D eigenvalue weighted by atomic mass is 9.89. The Balaban J connectivity index is 1.14. The molecule has 5 heteroatoms. The Kier molecular flexibility index (Phi) is 6.81. The van der Waals surface area contributed by atoms with Crippen LogP contribution in [-0.4, -0.2) is 15.0 Å². The molecule has 7 aromatic carbocycles. The second-order valence-electron chi connectivity index (χ2n) is 12.7. The summed E-state index contributed by atoms with van der Waals surface area (Å²) in [6.07, 6.45) is 0. The van der Waals surface area contributed by atoms with E-state index < -0.39 is 0 Å². The molecular formula is C46H29N3O2. The van der Waals surface area contributed by atoms with Crippen LogP contribution in [0.5, 0.6) is 5.75 Å². The Morgan fingerprint density at radius 3 is 1.84 bits per heavy atom. The van der Waals surface area contributed by atoms with Gasteiger partial charge >= 0.3 is 0 Å². The Morgan fingerprint density at radius 2 is 0.980 bits per heavy atom. The van der Waals surface area contributed by atoms with Crippen LogP contribution in [0.4, 0.5) is 0 Å². The van der Waals surface area contributed by atoms with E-state index in [4.69, 9.17) is 24.1 Å². The van der Waals surface area contributed by atoms with Gasteiger partial charge in [-0.05, 0) is 51.6 Å². The number of rotatable bonds is 5. The molecule has 10 rings (SSSR count). The minimum atomic E-state index is 0.553. The maximum Gasteiger partial charge on any atom is 0.167 e. The van der Waals surface area contributed by atoms with Crippen LogP contribution in [0.3, 0.4) is 0 Å². The van der Waals surface area contributed by atoms with Gasteiger partial charge in [-0.15, -0.1) is 0 Å². The Hall–Kier alpha value is -6.85. The largest absolute Gasteiger partial charge is 0.488 e. The Bertz CT molecular complexity index is 2750. The second kappa shape index (κ2) is 11.9. The zero-order valence-corrected chi connectivity index (χ0v) is 27.5. The number of ether oxygens (including phenoxy) is 1. The van der Waals surface area contributed by atoms with Gasteiger partial charge in [0.05, 0.1) is 5.56 Å². The second-order valence-corrected chi connectivity index (χ2v) is 12.7. The topological polar surface area (TPSA) is 61.0 Å². The van der Waals surface area contributed by atoms with Gasteiger partial charge in [-0.25, -0.2) is 15.0 Å². The lowest BCUT2D eigenvalue weighted by molar-refractivity contribution is 0.302. The zero-order valence-electron chi connectivity index (χ0n) is 27.5. The lowest BCUT2D eigenvalue weighted by Gasteiger charge is -2.23. The van der Waals surface area contributed by atoms with Gasteiger partial charge in [0.2, 0.25) is 0 Å². The normalized spacial score (nSPS) is 12.0. The Labute approximate surface area is 294 Å². The lowest BCUT2D eigenvalue weighted by Crippen LogP contribution is -2.06. The number of fused-ring (bicyclic) bond motifs is 6. The van der Waals surface area contributed by atoms with Gasteiger partial charge < -0.3 is 9.15 Å². The average molecular weight is 656 g/mol. The van der Waals surface area contributed by atoms with Crippen molar-refractivity contribution in [1.82, 2.24) is 15.0 Å². The van der Waals surface area contributed by atoms with Crippen molar-refractivity contribution in [1.29, 1.82) is 0 Å². The first kappa shape index (κ1) is 29.1. The third-order valence-corrected chi connectivity index (χ3v) is 9.68. The van der Waals surface area contributed by atoms with Crippen LogP contribution >= 0.6 is 0 Å². The molecule has 1 aliphatic heterocycles. The van der Waals surface area contributed by atoms with E-state index in [1.807, 2.05) is 48.5 Å². The van der Waals surface area contributed by atoms with Gasteiger partial charge in [-0.2, -0.15) is 0 Å². The summed E-state index contributed by atoms with van der Waals surface area (Å²) in [5, 5.41) is 2.09. The standard InChI is InChI=1S/C46H29N3O2/c1-2-12-29(13-3-1)33-15-6-7-18-38(33)45-47-44(48-46(49-45)39-21-10-20-37-36-17-8-9-22-40(36)51-43(37)39)31-26-24-30(25-27-31)34-19-11-23-41-42(34)35-16-5-4-14-32(35)28-50-41/h1-27H,28H2. The predicted molar refractivity (Wildman–Crippen MR) is 204 cm³/mol. The molecule has 5 nitrogen and oxygen atoms in total. The van der Waals surface area contributed by atoms with Gasteiger partial charge in [0.1, 0.15) is 23.5 Å². The highest BCUT2D eigenvalue weighted by atomic mass is 16.5. The van der Waals surface area contributed by atoms with E-state index in [0.717, 1.165) is 72.2 Å². The summed E-state index contributed by atoms with van der Waals surface area (Å²) in [6.45, 7) is 0.574. The molecule has 0 bridgehead atoms. The smallest absolute Gasteiger partial charge is 0.167 e. The van der Waals surface area contributed by atoms with Gasteiger partial charge in [0, 0.05) is 27.5 Å². The zero-order chi connectivity index (χ0) is 33.7. The fraction of sp³-hybridized carbons (Fsp3) is 0.0217. The van der Waals surface area contributed by atoms with Crippen LogP contribution < -0.4 is 4.74 Å². The van der Waals surface area contributed by atoms with E-state index in [2.05, 4.69) is 115 Å². The maximum absolute atomic E-state index is 6.45. The van der Waals surface area contributed by atoms with Crippen molar-refractivity contribution in [2.75, 3.05) is 0 Å². The molecule has 0 radical (unpaired) electrons. The molecule has 0 fully saturated rings. The molecule has 240 valence electrons. The highest BCUT2D eigenvalue weighted by Crippen LogP contribution is 2.44. The molecule has 0 atom stereocenters. The van der Waals surface area contributed by atoms with Crippen LogP contribution in [0, 0.1) is 0 Å². The van der Waals surface area contributed by atoms with E-state index in [1.54, 1.807) is 0 Å². The summed E-state index contributed by atoms with van der Waals surface area (Å²) in [5.74, 6) is 2.63. The van der Waals surface area contributed by atoms with Crippen LogP contribution in [0.25, 0.3) is 89.5 Å². The number of hydrogen-bond donors (Lipinski definition) is 0. The molecule has 0 unspecified atom stereocenters. The SMILES string of the molecule is c1ccc(-c2ccccc2-c2nc(-c3ccc(-c4cccc5c4-c4ccccc4CO5)cc3)nc(-c3cccc4c3oc3ccccc34)n2)cc1. The van der Waals surface area contributed by atoms with Crippen molar-refractivity contribution in [3.63, 3.8) is 0 Å². The Morgan fingerprint density at radius 1 is 0.392 bits per heavy atom. The first-order chi connectivity index (χ1) is 25.3. The molecule has 3 heterocycles. The molecule has 0 N–H and O–H groups in total. The van der Waals surface area contributed by atoms with Crippen LogP contribution in [0.2, 0.25) is 0 Å². The molecule has 51 heavy (non-hydrogen) atoms. The van der Waals surface area contributed by atoms with Crippen molar-refractivity contribution in [2.24, 2.45) is 0 Å². The van der Waals surface area contributed by atoms with E-state index in [1.165, 1.54) is 11.1 Å². The van der Waals surface area contributed by atoms with Crippen molar-refractivity contribution in [3.8, 4) is 73.3 Å². The van der Waals surface area contributed by atoms with Crippen LogP contribution in [0.15, 0.2) is 168 Å². The summed E-state index contributed by atoms with van der Waals surface area (Å²) < 4.78 is 12.6. The number of hydrogen-bond acceptors (Lipinski definition) is 5. The van der Waals surface area contributed by atoms with E-state index in [0.29, 0.717) is 24.1 Å². The fourth-order valence-corrected chi connectivity index (χ4v) is 7.23. The summed E-state index contributed by atoms with van der Waals surface area (Å²) >= 11 is 0. The van der Waals surface area contributed by atoms with Crippen LogP contribution in [-0.2, 0) is 6.61 Å². The molecular weight excluding hydrogens is 627 g/mol. The summed E-state index contributed by atoms with van der Waals surface area (Å²) in [5.41, 5.74) is 12.1. The van der Waals surface area contributed by atoms with Gasteiger partial charge in [-0.3, -0.25) is 0 Å². The summed E-state index contributed by atoms with van der Waals surface area (Å²) in [6, 6.07) is 56.1. The third-order valence-electron chi connectivity index (χ3n) is 9.68. The highest BCUT2D eigenvalue weighted by Gasteiger charge is 2.22. The van der Waals surface area contributed by atoms with Gasteiger partial charge in [-0.1, -0.05) is 146 Å². The number of nitrogens with zero attached hydrogens (tertiary/aromatic N) is 3. The molecule has 0 saturated heterocycles. The molecule has 2 aromatic heterocycles. The molecule has 0 aliphatic carbocycles. The number of furan rings is 1. The first-order valence-corrected chi connectivity index (χ1v) is 17.0. The predicted octanol–water partition coefficient (Wildman–Crippen LogP) is 11.7. The van der Waals surface area contributed by atoms with Crippen LogP contribution in [0.1, 0.15) is 5.56 Å². The molecule has 1 aliphatic rings. The minimum absolute atomic E-state index is 0.553. The number of aromatic nitrogens is 3. The van der Waals surface area contributed by atoms with Crippen molar-refractivity contribution < 1.29 is 9.15 Å². The quantitative estimate of drug-likeness (QED) is 0.185. The number of para-hydroxylation sites is 2. The summed E-state index contributed by atoms with van der Waals surface area (Å²) in [4.78, 5) is 15.4. The van der Waals surface area contributed by atoms with E-state index >= 15 is 0 Å². The maximum atomic E-state index is 6.45. The fourth-order valence-electron chi connectivity index (χ4n) is 7.23. The molecule has 0 saturated carbocycles. The minimum Gasteiger partial charge on any atom is -0.488 e. The van der Waals surface area contributed by atoms with Gasteiger partial charge in [0.15, 0.2) is 17.5 Å². The monoisotopic (exact) mass is 655 g/mol. The first-order valence-electron chi connectivity index (χ1n) is 17.0.